The number of hydrogen-bond acceptors (Lipinski definition) is 3. The number of nitrogens with two attached hydrogens (primary N) is 1. The van der Waals surface area contributed by atoms with E-state index in [0.29, 0.717) is 5.82 Å². The summed E-state index contributed by atoms with van der Waals surface area (Å²) in [6.45, 7) is 0. The Labute approximate surface area is 115 Å². The van der Waals surface area contributed by atoms with Gasteiger partial charge in [0.25, 0.3) is 0 Å². The van der Waals surface area contributed by atoms with Crippen molar-refractivity contribution in [2.75, 3.05) is 5.73 Å². The molecule has 20 heavy (non-hydrogen) atoms. The lowest BCUT2D eigenvalue weighted by Crippen LogP contribution is -2.13. The molecule has 0 saturated heterocycles. The van der Waals surface area contributed by atoms with E-state index in [0.717, 1.165) is 31.7 Å². The summed E-state index contributed by atoms with van der Waals surface area (Å²) in [5, 5.41) is 7.87. The van der Waals surface area contributed by atoms with Crippen LogP contribution in [0.1, 0.15) is 38.1 Å². The Morgan fingerprint density at radius 3 is 2.60 bits per heavy atom. The molecule has 1 aromatic heterocycles. The van der Waals surface area contributed by atoms with E-state index in [1.54, 1.807) is 6.33 Å². The van der Waals surface area contributed by atoms with Crippen molar-refractivity contribution in [1.29, 1.82) is 0 Å². The third-order valence-corrected chi connectivity index (χ3v) is 3.87. The van der Waals surface area contributed by atoms with Gasteiger partial charge in [-0.25, -0.2) is 8.78 Å². The average molecular weight is 278 g/mol. The van der Waals surface area contributed by atoms with Crippen LogP contribution in [0, 0.1) is 11.6 Å². The van der Waals surface area contributed by atoms with Crippen LogP contribution in [0.5, 0.6) is 0 Å². The first-order valence-electron chi connectivity index (χ1n) is 6.81. The monoisotopic (exact) mass is 278 g/mol. The molecule has 6 heteroatoms. The Morgan fingerprint density at radius 2 is 1.85 bits per heavy atom. The Balaban J connectivity index is 2.03. The van der Waals surface area contributed by atoms with E-state index in [9.17, 15) is 8.78 Å². The summed E-state index contributed by atoms with van der Waals surface area (Å²) in [4.78, 5) is 0. The topological polar surface area (TPSA) is 56.7 Å². The Morgan fingerprint density at radius 1 is 1.10 bits per heavy atom. The van der Waals surface area contributed by atoms with Gasteiger partial charge < -0.3 is 10.3 Å². The molecular weight excluding hydrogens is 262 g/mol. The third-order valence-electron chi connectivity index (χ3n) is 3.87. The predicted octanol–water partition coefficient (Wildman–Crippen LogP) is 3.31. The largest absolute Gasteiger partial charge is 0.396 e. The van der Waals surface area contributed by atoms with E-state index in [1.165, 1.54) is 12.5 Å². The maximum absolute atomic E-state index is 14.0. The molecule has 1 fully saturated rings. The highest BCUT2D eigenvalue weighted by atomic mass is 19.1. The standard InChI is InChI=1S/C14H16F2N4/c15-11-7-12(16)13(17)6-10(11)14-19-18-8-20(14)9-4-2-1-3-5-9/h6-9H,1-5,17H2. The fraction of sp³-hybridized carbons (Fsp3) is 0.429. The van der Waals surface area contributed by atoms with Crippen molar-refractivity contribution >= 4 is 5.69 Å². The highest BCUT2D eigenvalue weighted by Gasteiger charge is 2.21. The minimum Gasteiger partial charge on any atom is -0.396 e. The van der Waals surface area contributed by atoms with Crippen molar-refractivity contribution in [1.82, 2.24) is 14.8 Å². The van der Waals surface area contributed by atoms with Gasteiger partial charge in [-0.15, -0.1) is 10.2 Å². The molecule has 2 N–H and O–H groups in total. The molecule has 1 heterocycles. The number of nitrogen functional groups attached to an aromatic ring is 1. The normalized spacial score (nSPS) is 16.5. The van der Waals surface area contributed by atoms with Crippen molar-refractivity contribution in [2.45, 2.75) is 38.1 Å². The molecule has 0 amide bonds. The molecule has 0 aliphatic heterocycles. The zero-order valence-electron chi connectivity index (χ0n) is 11.0. The molecule has 1 aliphatic carbocycles. The molecule has 2 aromatic rings. The molecular formula is C14H16F2N4. The average Bonchev–Trinajstić information content (AvgIpc) is 2.93. The number of hydrogen-bond donors (Lipinski definition) is 1. The van der Waals surface area contributed by atoms with E-state index in [2.05, 4.69) is 10.2 Å². The quantitative estimate of drug-likeness (QED) is 0.857. The number of anilines is 1. The van der Waals surface area contributed by atoms with Crippen molar-refractivity contribution < 1.29 is 8.78 Å². The molecule has 0 atom stereocenters. The van der Waals surface area contributed by atoms with E-state index < -0.39 is 11.6 Å². The fourth-order valence-electron chi connectivity index (χ4n) is 2.80. The predicted molar refractivity (Wildman–Crippen MR) is 71.9 cm³/mol. The number of rotatable bonds is 2. The smallest absolute Gasteiger partial charge is 0.167 e. The van der Waals surface area contributed by atoms with Crippen LogP contribution >= 0.6 is 0 Å². The van der Waals surface area contributed by atoms with Gasteiger partial charge in [0.1, 0.15) is 18.0 Å². The summed E-state index contributed by atoms with van der Waals surface area (Å²) < 4.78 is 29.1. The SMILES string of the molecule is Nc1cc(-c2nncn2C2CCCCC2)c(F)cc1F. The molecule has 0 radical (unpaired) electrons. The third kappa shape index (κ3) is 2.26. The summed E-state index contributed by atoms with van der Waals surface area (Å²) in [7, 11) is 0. The maximum atomic E-state index is 14.0. The van der Waals surface area contributed by atoms with Crippen LogP contribution in [-0.4, -0.2) is 14.8 Å². The van der Waals surface area contributed by atoms with Crippen LogP contribution in [-0.2, 0) is 0 Å². The molecule has 0 unspecified atom stereocenters. The molecule has 1 aliphatic rings. The molecule has 1 aromatic carbocycles. The highest BCUT2D eigenvalue weighted by Crippen LogP contribution is 2.33. The molecule has 0 bridgehead atoms. The zero-order chi connectivity index (χ0) is 14.1. The van der Waals surface area contributed by atoms with Gasteiger partial charge in [-0.3, -0.25) is 0 Å². The molecule has 4 nitrogen and oxygen atoms in total. The van der Waals surface area contributed by atoms with Crippen LogP contribution in [0.25, 0.3) is 11.4 Å². The van der Waals surface area contributed by atoms with E-state index in [4.69, 9.17) is 5.73 Å². The van der Waals surface area contributed by atoms with Gasteiger partial charge in [0.15, 0.2) is 5.82 Å². The van der Waals surface area contributed by atoms with Gasteiger partial charge in [0, 0.05) is 12.1 Å². The van der Waals surface area contributed by atoms with Gasteiger partial charge in [-0.2, -0.15) is 0 Å². The lowest BCUT2D eigenvalue weighted by Gasteiger charge is -2.24. The molecule has 106 valence electrons. The Kier molecular flexibility index (Phi) is 3.38. The van der Waals surface area contributed by atoms with Crippen LogP contribution in [0.15, 0.2) is 18.5 Å². The van der Waals surface area contributed by atoms with Gasteiger partial charge in [0.2, 0.25) is 0 Å². The van der Waals surface area contributed by atoms with Crippen molar-refractivity contribution in [3.8, 4) is 11.4 Å². The first-order valence-corrected chi connectivity index (χ1v) is 6.81. The number of halogens is 2. The van der Waals surface area contributed by atoms with Crippen LogP contribution in [0.3, 0.4) is 0 Å². The van der Waals surface area contributed by atoms with Crippen LogP contribution in [0.4, 0.5) is 14.5 Å². The fourth-order valence-corrected chi connectivity index (χ4v) is 2.80. The second-order valence-corrected chi connectivity index (χ2v) is 5.21. The summed E-state index contributed by atoms with van der Waals surface area (Å²) in [6.07, 6.45) is 7.20. The maximum Gasteiger partial charge on any atom is 0.167 e. The summed E-state index contributed by atoms with van der Waals surface area (Å²) in [6, 6.07) is 2.36. The molecule has 1 saturated carbocycles. The second kappa shape index (κ2) is 5.19. The van der Waals surface area contributed by atoms with Crippen LogP contribution in [0.2, 0.25) is 0 Å². The number of aromatic nitrogens is 3. The molecule has 0 spiro atoms. The lowest BCUT2D eigenvalue weighted by molar-refractivity contribution is 0.354. The number of nitrogens with zero attached hydrogens (tertiary/aromatic N) is 3. The summed E-state index contributed by atoms with van der Waals surface area (Å²) in [5.41, 5.74) is 5.64. The van der Waals surface area contributed by atoms with E-state index in [-0.39, 0.29) is 17.3 Å². The second-order valence-electron chi connectivity index (χ2n) is 5.21. The first kappa shape index (κ1) is 13.0. The van der Waals surface area contributed by atoms with Crippen molar-refractivity contribution in [2.24, 2.45) is 0 Å². The Bertz CT molecular complexity index is 618. The van der Waals surface area contributed by atoms with Gasteiger partial charge in [0.05, 0.1) is 11.3 Å². The minimum atomic E-state index is -0.755. The van der Waals surface area contributed by atoms with Crippen LogP contribution < -0.4 is 5.73 Å². The van der Waals surface area contributed by atoms with Crippen molar-refractivity contribution in [3.63, 3.8) is 0 Å². The van der Waals surface area contributed by atoms with Gasteiger partial charge in [-0.1, -0.05) is 19.3 Å². The molecule has 3 rings (SSSR count). The minimum absolute atomic E-state index is 0.0837. The van der Waals surface area contributed by atoms with Gasteiger partial charge >= 0.3 is 0 Å². The van der Waals surface area contributed by atoms with E-state index >= 15 is 0 Å². The Hall–Kier alpha value is -1.98. The van der Waals surface area contributed by atoms with Crippen molar-refractivity contribution in [3.05, 3.63) is 30.1 Å². The van der Waals surface area contributed by atoms with Gasteiger partial charge in [-0.05, 0) is 18.9 Å². The summed E-state index contributed by atoms with van der Waals surface area (Å²) >= 11 is 0. The summed E-state index contributed by atoms with van der Waals surface area (Å²) in [5.74, 6) is -1.00. The van der Waals surface area contributed by atoms with E-state index in [1.807, 2.05) is 4.57 Å². The lowest BCUT2D eigenvalue weighted by atomic mass is 9.95. The number of benzene rings is 1. The highest BCUT2D eigenvalue weighted by molar-refractivity contribution is 5.62. The first-order chi connectivity index (χ1) is 9.66. The zero-order valence-corrected chi connectivity index (χ0v) is 11.0.